The number of benzene rings is 3. The van der Waals surface area contributed by atoms with Gasteiger partial charge in [-0.05, 0) is 48.6 Å². The molecule has 3 aromatic carbocycles. The highest BCUT2D eigenvalue weighted by molar-refractivity contribution is 8.00. The molecule has 170 valence electrons. The van der Waals surface area contributed by atoms with Crippen LogP contribution in [0.2, 0.25) is 0 Å². The number of thioether (sulfide) groups is 1. The summed E-state index contributed by atoms with van der Waals surface area (Å²) < 4.78 is 0. The molecule has 1 N–H and O–H groups in total. The van der Waals surface area contributed by atoms with Gasteiger partial charge in [0, 0.05) is 12.1 Å². The molecular weight excluding hydrogens is 428 g/mol. The molecule has 0 radical (unpaired) electrons. The lowest BCUT2D eigenvalue weighted by Gasteiger charge is -2.24. The first-order valence-corrected chi connectivity index (χ1v) is 12.5. The number of hydrogen-bond donors (Lipinski definition) is 1. The molecule has 2 amide bonds. The van der Waals surface area contributed by atoms with Gasteiger partial charge >= 0.3 is 0 Å². The standard InChI is InChI=1S/C28H30N2O2S/c1-3-25(22-11-9-20(2)10-12-22)29-27(32)23-13-15-24(16-14-23)28-30(26(31)19-33-28)18-17-21-7-5-4-6-8-21/h4-16,25,28H,3,17-19H2,1-2H3,(H,29,32)/t25-,28-/m0/s1. The van der Waals surface area contributed by atoms with Gasteiger partial charge in [-0.1, -0.05) is 79.2 Å². The van der Waals surface area contributed by atoms with Gasteiger partial charge in [0.15, 0.2) is 0 Å². The Hall–Kier alpha value is -3.05. The van der Waals surface area contributed by atoms with Crippen LogP contribution in [0.4, 0.5) is 0 Å². The molecule has 5 heteroatoms. The second-order valence-electron chi connectivity index (χ2n) is 8.45. The van der Waals surface area contributed by atoms with Gasteiger partial charge in [0.1, 0.15) is 5.37 Å². The number of hydrogen-bond acceptors (Lipinski definition) is 3. The minimum Gasteiger partial charge on any atom is -0.345 e. The molecule has 0 aliphatic carbocycles. The quantitative estimate of drug-likeness (QED) is 0.472. The van der Waals surface area contributed by atoms with Crippen molar-refractivity contribution in [2.24, 2.45) is 0 Å². The summed E-state index contributed by atoms with van der Waals surface area (Å²) in [6.45, 7) is 4.83. The third kappa shape index (κ3) is 5.66. The van der Waals surface area contributed by atoms with Gasteiger partial charge in [-0.2, -0.15) is 0 Å². The van der Waals surface area contributed by atoms with Gasteiger partial charge in [0.25, 0.3) is 5.91 Å². The van der Waals surface area contributed by atoms with Crippen molar-refractivity contribution in [1.29, 1.82) is 0 Å². The molecule has 4 rings (SSSR count). The van der Waals surface area contributed by atoms with Crippen molar-refractivity contribution in [2.45, 2.75) is 38.1 Å². The van der Waals surface area contributed by atoms with Crippen LogP contribution in [0.5, 0.6) is 0 Å². The Balaban J connectivity index is 1.41. The van der Waals surface area contributed by atoms with Crippen molar-refractivity contribution in [3.05, 3.63) is 107 Å². The first kappa shape index (κ1) is 23.1. The smallest absolute Gasteiger partial charge is 0.251 e. The molecule has 4 nitrogen and oxygen atoms in total. The van der Waals surface area contributed by atoms with Crippen LogP contribution >= 0.6 is 11.8 Å². The third-order valence-electron chi connectivity index (χ3n) is 6.10. The zero-order valence-corrected chi connectivity index (χ0v) is 20.0. The maximum Gasteiger partial charge on any atom is 0.251 e. The average Bonchev–Trinajstić information content (AvgIpc) is 3.22. The van der Waals surface area contributed by atoms with E-state index in [2.05, 4.69) is 55.6 Å². The Kier molecular flexibility index (Phi) is 7.50. The summed E-state index contributed by atoms with van der Waals surface area (Å²) in [6.07, 6.45) is 1.66. The van der Waals surface area contributed by atoms with E-state index in [-0.39, 0.29) is 23.2 Å². The van der Waals surface area contributed by atoms with E-state index in [4.69, 9.17) is 0 Å². The monoisotopic (exact) mass is 458 g/mol. The molecule has 1 fully saturated rings. The molecule has 1 saturated heterocycles. The molecule has 0 bridgehead atoms. The fraction of sp³-hybridized carbons (Fsp3) is 0.286. The highest BCUT2D eigenvalue weighted by Crippen LogP contribution is 2.38. The van der Waals surface area contributed by atoms with E-state index in [0.29, 0.717) is 17.9 Å². The number of carbonyl (C=O) groups excluding carboxylic acids is 2. The number of nitrogens with zero attached hydrogens (tertiary/aromatic N) is 1. The fourth-order valence-corrected chi connectivity index (χ4v) is 5.35. The Morgan fingerprint density at radius 3 is 2.39 bits per heavy atom. The van der Waals surface area contributed by atoms with Crippen LogP contribution in [0.15, 0.2) is 78.9 Å². The summed E-state index contributed by atoms with van der Waals surface area (Å²) in [4.78, 5) is 27.3. The van der Waals surface area contributed by atoms with Crippen molar-refractivity contribution < 1.29 is 9.59 Å². The summed E-state index contributed by atoms with van der Waals surface area (Å²) in [7, 11) is 0. The zero-order chi connectivity index (χ0) is 23.2. The second kappa shape index (κ2) is 10.7. The van der Waals surface area contributed by atoms with Gasteiger partial charge < -0.3 is 10.2 Å². The molecular formula is C28H30N2O2S. The van der Waals surface area contributed by atoms with Crippen LogP contribution in [-0.4, -0.2) is 29.0 Å². The summed E-state index contributed by atoms with van der Waals surface area (Å²) in [5.41, 5.74) is 5.24. The maximum atomic E-state index is 12.9. The minimum absolute atomic E-state index is 0.00530. The average molecular weight is 459 g/mol. The molecule has 33 heavy (non-hydrogen) atoms. The molecule has 0 aromatic heterocycles. The summed E-state index contributed by atoms with van der Waals surface area (Å²) in [5.74, 6) is 0.591. The van der Waals surface area contributed by atoms with Gasteiger partial charge in [0.05, 0.1) is 11.8 Å². The predicted octanol–water partition coefficient (Wildman–Crippen LogP) is 5.69. The molecule has 1 aliphatic heterocycles. The van der Waals surface area contributed by atoms with E-state index in [9.17, 15) is 9.59 Å². The van der Waals surface area contributed by atoms with Crippen LogP contribution in [0.3, 0.4) is 0 Å². The zero-order valence-electron chi connectivity index (χ0n) is 19.2. The largest absolute Gasteiger partial charge is 0.345 e. The lowest BCUT2D eigenvalue weighted by Crippen LogP contribution is -2.30. The van der Waals surface area contributed by atoms with E-state index in [0.717, 1.165) is 24.0 Å². The van der Waals surface area contributed by atoms with E-state index in [1.807, 2.05) is 47.4 Å². The molecule has 0 saturated carbocycles. The molecule has 0 spiro atoms. The second-order valence-corrected chi connectivity index (χ2v) is 9.52. The van der Waals surface area contributed by atoms with Crippen LogP contribution in [0, 0.1) is 6.92 Å². The van der Waals surface area contributed by atoms with Crippen LogP contribution in [0.25, 0.3) is 0 Å². The predicted molar refractivity (Wildman–Crippen MR) is 135 cm³/mol. The summed E-state index contributed by atoms with van der Waals surface area (Å²) >= 11 is 1.65. The van der Waals surface area contributed by atoms with Crippen molar-refractivity contribution in [3.8, 4) is 0 Å². The van der Waals surface area contributed by atoms with Gasteiger partial charge in [-0.25, -0.2) is 0 Å². The van der Waals surface area contributed by atoms with Crippen LogP contribution in [0.1, 0.15) is 57.4 Å². The van der Waals surface area contributed by atoms with E-state index >= 15 is 0 Å². The minimum atomic E-state index is -0.0786. The topological polar surface area (TPSA) is 49.4 Å². The van der Waals surface area contributed by atoms with E-state index in [1.165, 1.54) is 11.1 Å². The SMILES string of the molecule is CC[C@H](NC(=O)c1ccc([C@@H]2SCC(=O)N2CCc2ccccc2)cc1)c1ccc(C)cc1. The Morgan fingerprint density at radius 2 is 1.73 bits per heavy atom. The Morgan fingerprint density at radius 1 is 1.03 bits per heavy atom. The Bertz CT molecular complexity index is 1080. The number of rotatable bonds is 8. The molecule has 1 aliphatic rings. The Labute approximate surface area is 200 Å². The normalized spacial score (nSPS) is 16.6. The third-order valence-corrected chi connectivity index (χ3v) is 7.36. The first-order valence-electron chi connectivity index (χ1n) is 11.5. The van der Waals surface area contributed by atoms with E-state index < -0.39 is 0 Å². The molecule has 0 unspecified atom stereocenters. The fourth-order valence-electron chi connectivity index (χ4n) is 4.13. The first-order chi connectivity index (χ1) is 16.0. The molecule has 3 aromatic rings. The maximum absolute atomic E-state index is 12.9. The molecule has 1 heterocycles. The molecule has 2 atom stereocenters. The van der Waals surface area contributed by atoms with Crippen molar-refractivity contribution in [2.75, 3.05) is 12.3 Å². The van der Waals surface area contributed by atoms with Crippen molar-refractivity contribution >= 4 is 23.6 Å². The van der Waals surface area contributed by atoms with Gasteiger partial charge in [-0.3, -0.25) is 9.59 Å². The lowest BCUT2D eigenvalue weighted by molar-refractivity contribution is -0.128. The number of aryl methyl sites for hydroxylation is 1. The number of amides is 2. The van der Waals surface area contributed by atoms with Crippen molar-refractivity contribution in [1.82, 2.24) is 10.2 Å². The number of carbonyl (C=O) groups is 2. The highest BCUT2D eigenvalue weighted by Gasteiger charge is 2.32. The lowest BCUT2D eigenvalue weighted by atomic mass is 10.0. The highest BCUT2D eigenvalue weighted by atomic mass is 32.2. The van der Waals surface area contributed by atoms with Gasteiger partial charge in [0.2, 0.25) is 5.91 Å². The number of nitrogens with one attached hydrogen (secondary N) is 1. The summed E-state index contributed by atoms with van der Waals surface area (Å²) in [6, 6.07) is 26.2. The summed E-state index contributed by atoms with van der Waals surface area (Å²) in [5, 5.41) is 3.15. The van der Waals surface area contributed by atoms with E-state index in [1.54, 1.807) is 11.8 Å². The van der Waals surface area contributed by atoms with Crippen molar-refractivity contribution in [3.63, 3.8) is 0 Å². The van der Waals surface area contributed by atoms with Gasteiger partial charge in [-0.15, -0.1) is 11.8 Å². The van der Waals surface area contributed by atoms with Crippen LogP contribution in [-0.2, 0) is 11.2 Å². The van der Waals surface area contributed by atoms with Crippen LogP contribution < -0.4 is 5.32 Å².